The molecule has 0 saturated heterocycles. The number of halogens is 1. The van der Waals surface area contributed by atoms with Crippen molar-refractivity contribution in [3.8, 4) is 0 Å². The SMILES string of the molecule is OC(c1occc1Br)C1(O)CCCCC1. The molecular formula is C11H15BrO3. The summed E-state index contributed by atoms with van der Waals surface area (Å²) in [6, 6.07) is 1.73. The fourth-order valence-corrected chi connectivity index (χ4v) is 2.60. The third-order valence-electron chi connectivity index (χ3n) is 3.12. The average molecular weight is 275 g/mol. The number of aliphatic hydroxyl groups is 2. The minimum absolute atomic E-state index is 0.430. The van der Waals surface area contributed by atoms with Crippen molar-refractivity contribution >= 4 is 15.9 Å². The van der Waals surface area contributed by atoms with Crippen molar-refractivity contribution < 1.29 is 14.6 Å². The van der Waals surface area contributed by atoms with E-state index in [4.69, 9.17) is 4.42 Å². The minimum Gasteiger partial charge on any atom is -0.465 e. The maximum absolute atomic E-state index is 10.3. The Kier molecular flexibility index (Phi) is 3.19. The molecule has 0 spiro atoms. The van der Waals surface area contributed by atoms with Crippen LogP contribution in [-0.4, -0.2) is 15.8 Å². The zero-order valence-electron chi connectivity index (χ0n) is 8.45. The number of hydrogen-bond acceptors (Lipinski definition) is 3. The highest BCUT2D eigenvalue weighted by Gasteiger charge is 2.40. The molecule has 1 fully saturated rings. The van der Waals surface area contributed by atoms with Crippen LogP contribution in [0.4, 0.5) is 0 Å². The molecule has 2 N–H and O–H groups in total. The van der Waals surface area contributed by atoms with Crippen LogP contribution in [0.3, 0.4) is 0 Å². The van der Waals surface area contributed by atoms with Crippen LogP contribution in [0.15, 0.2) is 21.2 Å². The van der Waals surface area contributed by atoms with Gasteiger partial charge in [0.25, 0.3) is 0 Å². The molecule has 0 amide bonds. The zero-order chi connectivity index (χ0) is 10.9. The van der Waals surface area contributed by atoms with Gasteiger partial charge in [0.05, 0.1) is 16.3 Å². The lowest BCUT2D eigenvalue weighted by atomic mass is 9.80. The van der Waals surface area contributed by atoms with Crippen molar-refractivity contribution in [1.82, 2.24) is 0 Å². The van der Waals surface area contributed by atoms with Gasteiger partial charge in [-0.05, 0) is 34.8 Å². The summed E-state index contributed by atoms with van der Waals surface area (Å²) in [7, 11) is 0. The van der Waals surface area contributed by atoms with Gasteiger partial charge in [0.15, 0.2) is 0 Å². The highest BCUT2D eigenvalue weighted by Crippen LogP contribution is 2.40. The summed E-state index contributed by atoms with van der Waals surface area (Å²) in [6.07, 6.45) is 4.92. The molecule has 1 aromatic rings. The molecule has 1 unspecified atom stereocenters. The van der Waals surface area contributed by atoms with Crippen LogP contribution in [-0.2, 0) is 0 Å². The van der Waals surface area contributed by atoms with Crippen LogP contribution < -0.4 is 0 Å². The molecule has 0 radical (unpaired) electrons. The maximum Gasteiger partial charge on any atom is 0.149 e. The molecule has 2 rings (SSSR count). The van der Waals surface area contributed by atoms with Crippen molar-refractivity contribution in [3.63, 3.8) is 0 Å². The molecule has 1 atom stereocenters. The lowest BCUT2D eigenvalue weighted by Crippen LogP contribution is -2.38. The molecular weight excluding hydrogens is 260 g/mol. The van der Waals surface area contributed by atoms with Crippen molar-refractivity contribution in [2.45, 2.75) is 43.8 Å². The van der Waals surface area contributed by atoms with Crippen LogP contribution in [0.2, 0.25) is 0 Å². The molecule has 1 saturated carbocycles. The molecule has 1 aliphatic carbocycles. The molecule has 1 aromatic heterocycles. The summed E-state index contributed by atoms with van der Waals surface area (Å²) in [5.74, 6) is 0.430. The van der Waals surface area contributed by atoms with Crippen LogP contribution >= 0.6 is 15.9 Å². The Bertz CT molecular complexity index is 328. The van der Waals surface area contributed by atoms with Crippen molar-refractivity contribution in [2.75, 3.05) is 0 Å². The lowest BCUT2D eigenvalue weighted by molar-refractivity contribution is -0.107. The van der Waals surface area contributed by atoms with E-state index < -0.39 is 11.7 Å². The van der Waals surface area contributed by atoms with Crippen molar-refractivity contribution in [2.24, 2.45) is 0 Å². The third-order valence-corrected chi connectivity index (χ3v) is 3.78. The minimum atomic E-state index is -1.02. The fraction of sp³-hybridized carbons (Fsp3) is 0.636. The predicted molar refractivity (Wildman–Crippen MR) is 59.4 cm³/mol. The summed E-state index contributed by atoms with van der Waals surface area (Å²) in [5, 5.41) is 20.4. The van der Waals surface area contributed by atoms with Crippen molar-refractivity contribution in [3.05, 3.63) is 22.6 Å². The Morgan fingerprint density at radius 2 is 2.00 bits per heavy atom. The van der Waals surface area contributed by atoms with Gasteiger partial charge in [-0.25, -0.2) is 0 Å². The zero-order valence-corrected chi connectivity index (χ0v) is 10.0. The summed E-state index contributed by atoms with van der Waals surface area (Å²) < 4.78 is 5.90. The van der Waals surface area contributed by atoms with Crippen LogP contribution in [0.1, 0.15) is 44.0 Å². The highest BCUT2D eigenvalue weighted by molar-refractivity contribution is 9.10. The summed E-state index contributed by atoms with van der Waals surface area (Å²) in [4.78, 5) is 0. The van der Waals surface area contributed by atoms with E-state index in [1.165, 1.54) is 6.26 Å². The Labute approximate surface area is 97.2 Å². The third kappa shape index (κ3) is 2.12. The average Bonchev–Trinajstić information content (AvgIpc) is 2.64. The highest BCUT2D eigenvalue weighted by atomic mass is 79.9. The van der Waals surface area contributed by atoms with E-state index in [0.717, 1.165) is 19.3 Å². The second-order valence-electron chi connectivity index (χ2n) is 4.20. The van der Waals surface area contributed by atoms with Gasteiger partial charge in [0.2, 0.25) is 0 Å². The van der Waals surface area contributed by atoms with Gasteiger partial charge in [-0.15, -0.1) is 0 Å². The molecule has 4 heteroatoms. The van der Waals surface area contributed by atoms with Crippen LogP contribution in [0.25, 0.3) is 0 Å². The Balaban J connectivity index is 2.19. The van der Waals surface area contributed by atoms with Gasteiger partial charge in [-0.2, -0.15) is 0 Å². The van der Waals surface area contributed by atoms with Gasteiger partial charge in [-0.1, -0.05) is 19.3 Å². The molecule has 1 heterocycles. The van der Waals surface area contributed by atoms with Gasteiger partial charge >= 0.3 is 0 Å². The molecule has 1 aliphatic rings. The normalized spacial score (nSPS) is 22.6. The molecule has 0 aliphatic heterocycles. The Morgan fingerprint density at radius 3 is 2.53 bits per heavy atom. The maximum atomic E-state index is 10.3. The van der Waals surface area contributed by atoms with Gasteiger partial charge in [0.1, 0.15) is 11.9 Å². The first-order valence-electron chi connectivity index (χ1n) is 5.27. The number of furan rings is 1. The Hall–Kier alpha value is -0.320. The topological polar surface area (TPSA) is 53.6 Å². The molecule has 0 aromatic carbocycles. The van der Waals surface area contributed by atoms with Gasteiger partial charge in [0, 0.05) is 0 Å². The van der Waals surface area contributed by atoms with Gasteiger partial charge < -0.3 is 14.6 Å². The number of hydrogen-bond donors (Lipinski definition) is 2. The number of aliphatic hydroxyl groups excluding tert-OH is 1. The number of rotatable bonds is 2. The second kappa shape index (κ2) is 4.28. The van der Waals surface area contributed by atoms with E-state index in [0.29, 0.717) is 23.1 Å². The van der Waals surface area contributed by atoms with E-state index in [1.807, 2.05) is 0 Å². The first-order valence-corrected chi connectivity index (χ1v) is 6.06. The quantitative estimate of drug-likeness (QED) is 0.872. The van der Waals surface area contributed by atoms with Gasteiger partial charge in [-0.3, -0.25) is 0 Å². The standard InChI is InChI=1S/C11H15BrO3/c12-8-4-7-15-9(8)10(13)11(14)5-2-1-3-6-11/h4,7,10,13-14H,1-3,5-6H2. The second-order valence-corrected chi connectivity index (χ2v) is 5.05. The van der Waals surface area contributed by atoms with Crippen LogP contribution in [0.5, 0.6) is 0 Å². The lowest BCUT2D eigenvalue weighted by Gasteiger charge is -2.35. The first kappa shape index (κ1) is 11.2. The largest absolute Gasteiger partial charge is 0.465 e. The van der Waals surface area contributed by atoms with E-state index in [9.17, 15) is 10.2 Å². The molecule has 15 heavy (non-hydrogen) atoms. The monoisotopic (exact) mass is 274 g/mol. The van der Waals surface area contributed by atoms with Crippen LogP contribution in [0, 0.1) is 0 Å². The van der Waals surface area contributed by atoms with E-state index in [-0.39, 0.29) is 0 Å². The summed E-state index contributed by atoms with van der Waals surface area (Å²) in [6.45, 7) is 0. The summed E-state index contributed by atoms with van der Waals surface area (Å²) in [5.41, 5.74) is -1.02. The van der Waals surface area contributed by atoms with E-state index in [1.54, 1.807) is 6.07 Å². The van der Waals surface area contributed by atoms with Crippen molar-refractivity contribution in [1.29, 1.82) is 0 Å². The van der Waals surface area contributed by atoms with E-state index in [2.05, 4.69) is 15.9 Å². The summed E-state index contributed by atoms with van der Waals surface area (Å²) >= 11 is 3.29. The first-order chi connectivity index (χ1) is 7.13. The molecule has 3 nitrogen and oxygen atoms in total. The fourth-order valence-electron chi connectivity index (χ4n) is 2.18. The Morgan fingerprint density at radius 1 is 1.33 bits per heavy atom. The van der Waals surface area contributed by atoms with E-state index >= 15 is 0 Å². The molecule has 0 bridgehead atoms. The predicted octanol–water partition coefficient (Wildman–Crippen LogP) is 2.77. The molecule has 84 valence electrons. The smallest absolute Gasteiger partial charge is 0.149 e.